The summed E-state index contributed by atoms with van der Waals surface area (Å²) in [6, 6.07) is 3.73. The largest absolute Gasteiger partial charge is 0.416 e. The molecule has 0 saturated carbocycles. The smallest absolute Gasteiger partial charge is 0.396 e. The third kappa shape index (κ3) is 4.72. The molecule has 0 aromatic heterocycles. The van der Waals surface area contributed by atoms with Gasteiger partial charge in [0.15, 0.2) is 0 Å². The number of aliphatic hydroxyl groups is 1. The van der Waals surface area contributed by atoms with Gasteiger partial charge in [0.05, 0.1) is 11.6 Å². The average molecular weight is 328 g/mol. The summed E-state index contributed by atoms with van der Waals surface area (Å²) in [7, 11) is 0. The molecule has 0 aliphatic heterocycles. The summed E-state index contributed by atoms with van der Waals surface area (Å²) in [5.41, 5.74) is -0.132. The van der Waals surface area contributed by atoms with Crippen LogP contribution in [0.25, 0.3) is 0 Å². The van der Waals surface area contributed by atoms with Crippen LogP contribution in [0.3, 0.4) is 0 Å². The van der Waals surface area contributed by atoms with Gasteiger partial charge in [0.25, 0.3) is 0 Å². The van der Waals surface area contributed by atoms with Crippen molar-refractivity contribution in [3.05, 3.63) is 47.5 Å². The molecule has 1 aromatic carbocycles. The van der Waals surface area contributed by atoms with Gasteiger partial charge in [-0.05, 0) is 31.0 Å². The zero-order chi connectivity index (χ0) is 17.0. The first-order valence-electron chi connectivity index (χ1n) is 7.33. The van der Waals surface area contributed by atoms with Gasteiger partial charge in [-0.3, -0.25) is 0 Å². The first-order valence-corrected chi connectivity index (χ1v) is 7.33. The lowest BCUT2D eigenvalue weighted by atomic mass is 10.1. The third-order valence-electron chi connectivity index (χ3n) is 3.81. The molecule has 1 unspecified atom stereocenters. The zero-order valence-electron chi connectivity index (χ0n) is 12.6. The summed E-state index contributed by atoms with van der Waals surface area (Å²) >= 11 is 0. The van der Waals surface area contributed by atoms with E-state index in [1.54, 1.807) is 6.92 Å². The lowest BCUT2D eigenvalue weighted by molar-refractivity contribution is -0.137. The van der Waals surface area contributed by atoms with E-state index in [2.05, 4.69) is 10.6 Å². The Hall–Kier alpha value is -2.02. The number of hydrogen-bond acceptors (Lipinski definition) is 2. The molecule has 1 aliphatic rings. The van der Waals surface area contributed by atoms with Crippen LogP contribution in [-0.4, -0.2) is 23.8 Å². The normalized spacial score (nSPS) is 22.0. The highest BCUT2D eigenvalue weighted by atomic mass is 19.4. The van der Waals surface area contributed by atoms with E-state index < -0.39 is 23.8 Å². The van der Waals surface area contributed by atoms with Gasteiger partial charge < -0.3 is 15.7 Å². The van der Waals surface area contributed by atoms with Crippen LogP contribution in [0.15, 0.2) is 36.4 Å². The number of alkyl halides is 3. The topological polar surface area (TPSA) is 61.4 Å². The highest BCUT2D eigenvalue weighted by Crippen LogP contribution is 2.29. The fraction of sp³-hybridized carbons (Fsp3) is 0.438. The van der Waals surface area contributed by atoms with Crippen LogP contribution in [0, 0.1) is 5.92 Å². The molecule has 4 nitrogen and oxygen atoms in total. The van der Waals surface area contributed by atoms with E-state index >= 15 is 0 Å². The molecule has 7 heteroatoms. The molecule has 126 valence electrons. The lowest BCUT2D eigenvalue weighted by Gasteiger charge is -2.18. The Labute approximate surface area is 132 Å². The molecule has 23 heavy (non-hydrogen) atoms. The maximum absolute atomic E-state index is 12.5. The molecule has 3 atom stereocenters. The van der Waals surface area contributed by atoms with E-state index in [0.717, 1.165) is 12.1 Å². The van der Waals surface area contributed by atoms with Gasteiger partial charge in [-0.25, -0.2) is 4.79 Å². The Morgan fingerprint density at radius 2 is 1.96 bits per heavy atom. The van der Waals surface area contributed by atoms with Crippen LogP contribution in [0.5, 0.6) is 0 Å². The molecule has 0 fully saturated rings. The van der Waals surface area contributed by atoms with Crippen molar-refractivity contribution in [1.29, 1.82) is 0 Å². The van der Waals surface area contributed by atoms with Crippen LogP contribution in [0.4, 0.5) is 18.0 Å². The second-order valence-electron chi connectivity index (χ2n) is 5.63. The quantitative estimate of drug-likeness (QED) is 0.744. The Kier molecular flexibility index (Phi) is 5.30. The summed E-state index contributed by atoms with van der Waals surface area (Å²) in [5.74, 6) is 0.0487. The standard InChI is InChI=1S/C16H19F3N2O2/c1-10(12-3-5-13(6-4-12)16(17,18)19)20-15(23)21-14-7-2-11(8-14)9-22/h2-7,10-11,14,22H,8-9H2,1H3,(H2,20,21,23)/t10?,11-,14+/m0/s1. The highest BCUT2D eigenvalue weighted by molar-refractivity contribution is 5.75. The summed E-state index contributed by atoms with van der Waals surface area (Å²) in [5, 5.41) is 14.5. The molecule has 2 amide bonds. The Morgan fingerprint density at radius 3 is 2.48 bits per heavy atom. The van der Waals surface area contributed by atoms with Gasteiger partial charge in [0.2, 0.25) is 0 Å². The summed E-state index contributed by atoms with van der Waals surface area (Å²) in [4.78, 5) is 11.9. The van der Waals surface area contributed by atoms with Gasteiger partial charge in [-0.15, -0.1) is 0 Å². The minimum atomic E-state index is -4.37. The molecule has 0 radical (unpaired) electrons. The number of carbonyl (C=O) groups excluding carboxylic acids is 1. The van der Waals surface area contributed by atoms with E-state index in [1.807, 2.05) is 12.2 Å². The van der Waals surface area contributed by atoms with Crippen molar-refractivity contribution >= 4 is 6.03 Å². The molecule has 1 aromatic rings. The number of hydrogen-bond donors (Lipinski definition) is 3. The molecular formula is C16H19F3N2O2. The Balaban J connectivity index is 1.87. The summed E-state index contributed by atoms with van der Waals surface area (Å²) in [6.07, 6.45) is -0.0588. The molecule has 0 saturated heterocycles. The van der Waals surface area contributed by atoms with Crippen LogP contribution in [0.2, 0.25) is 0 Å². The maximum Gasteiger partial charge on any atom is 0.416 e. The third-order valence-corrected chi connectivity index (χ3v) is 3.81. The van der Waals surface area contributed by atoms with Gasteiger partial charge in [-0.1, -0.05) is 24.3 Å². The average Bonchev–Trinajstić information content (AvgIpc) is 2.94. The molecule has 2 rings (SSSR count). The minimum absolute atomic E-state index is 0.0399. The Morgan fingerprint density at radius 1 is 1.30 bits per heavy atom. The van der Waals surface area contributed by atoms with Gasteiger partial charge in [0.1, 0.15) is 0 Å². The SMILES string of the molecule is CC(NC(=O)N[C@@H]1C=C[C@H](CO)C1)c1ccc(C(F)(F)F)cc1. The van der Waals surface area contributed by atoms with Gasteiger partial charge in [0, 0.05) is 18.6 Å². The molecule has 1 aliphatic carbocycles. The van der Waals surface area contributed by atoms with Crippen molar-refractivity contribution in [3.63, 3.8) is 0 Å². The van der Waals surface area contributed by atoms with Crippen molar-refractivity contribution in [1.82, 2.24) is 10.6 Å². The fourth-order valence-electron chi connectivity index (χ4n) is 2.47. The van der Waals surface area contributed by atoms with Gasteiger partial charge in [-0.2, -0.15) is 13.2 Å². The Bertz CT molecular complexity index is 570. The molecule has 0 heterocycles. The van der Waals surface area contributed by atoms with Crippen molar-refractivity contribution in [2.45, 2.75) is 31.6 Å². The van der Waals surface area contributed by atoms with E-state index in [9.17, 15) is 18.0 Å². The number of rotatable bonds is 4. The van der Waals surface area contributed by atoms with E-state index in [0.29, 0.717) is 12.0 Å². The molecule has 3 N–H and O–H groups in total. The van der Waals surface area contributed by atoms with E-state index in [-0.39, 0.29) is 18.6 Å². The second-order valence-corrected chi connectivity index (χ2v) is 5.63. The predicted molar refractivity (Wildman–Crippen MR) is 79.6 cm³/mol. The van der Waals surface area contributed by atoms with Crippen LogP contribution in [0.1, 0.15) is 30.5 Å². The van der Waals surface area contributed by atoms with Crippen LogP contribution < -0.4 is 10.6 Å². The highest BCUT2D eigenvalue weighted by Gasteiger charge is 2.30. The first-order chi connectivity index (χ1) is 10.8. The van der Waals surface area contributed by atoms with Gasteiger partial charge >= 0.3 is 12.2 Å². The molecular weight excluding hydrogens is 309 g/mol. The number of halogens is 3. The fourth-order valence-corrected chi connectivity index (χ4v) is 2.47. The molecule has 0 spiro atoms. The number of nitrogens with one attached hydrogen (secondary N) is 2. The number of amides is 2. The predicted octanol–water partition coefficient (Wildman–Crippen LogP) is 3.00. The first kappa shape index (κ1) is 17.3. The van der Waals surface area contributed by atoms with Crippen LogP contribution in [-0.2, 0) is 6.18 Å². The minimum Gasteiger partial charge on any atom is -0.396 e. The molecule has 0 bridgehead atoms. The lowest BCUT2D eigenvalue weighted by Crippen LogP contribution is -2.41. The number of aliphatic hydroxyl groups excluding tert-OH is 1. The monoisotopic (exact) mass is 328 g/mol. The van der Waals surface area contributed by atoms with E-state index in [1.165, 1.54) is 12.1 Å². The van der Waals surface area contributed by atoms with Crippen molar-refractivity contribution in [3.8, 4) is 0 Å². The number of benzene rings is 1. The number of urea groups is 1. The van der Waals surface area contributed by atoms with E-state index in [4.69, 9.17) is 5.11 Å². The second kappa shape index (κ2) is 7.04. The summed E-state index contributed by atoms with van der Waals surface area (Å²) in [6.45, 7) is 1.74. The number of carbonyl (C=O) groups is 1. The maximum atomic E-state index is 12.5. The zero-order valence-corrected chi connectivity index (χ0v) is 12.6. The van der Waals surface area contributed by atoms with Crippen molar-refractivity contribution in [2.75, 3.05) is 6.61 Å². The van der Waals surface area contributed by atoms with Crippen LogP contribution >= 0.6 is 0 Å². The van der Waals surface area contributed by atoms with Crippen molar-refractivity contribution < 1.29 is 23.1 Å². The van der Waals surface area contributed by atoms with Crippen molar-refractivity contribution in [2.24, 2.45) is 5.92 Å². The summed E-state index contributed by atoms with van der Waals surface area (Å²) < 4.78 is 37.5.